The van der Waals surface area contributed by atoms with Crippen molar-refractivity contribution in [2.75, 3.05) is 19.7 Å². The summed E-state index contributed by atoms with van der Waals surface area (Å²) >= 11 is 0. The number of carbonyl (C=O) groups is 1. The van der Waals surface area contributed by atoms with Crippen molar-refractivity contribution < 1.29 is 9.53 Å². The van der Waals surface area contributed by atoms with E-state index < -0.39 is 0 Å². The van der Waals surface area contributed by atoms with E-state index in [1.807, 2.05) is 84.5 Å². The molecule has 202 valence electrons. The number of aromatic nitrogens is 2. The molecule has 0 spiro atoms. The summed E-state index contributed by atoms with van der Waals surface area (Å²) in [5.41, 5.74) is 4.23. The van der Waals surface area contributed by atoms with Gasteiger partial charge in [-0.3, -0.25) is 14.0 Å². The molecule has 1 aromatic heterocycles. The maximum atomic E-state index is 13.3. The third kappa shape index (κ3) is 5.76. The topological polar surface area (TPSA) is 56.5 Å². The molecule has 5 rings (SSSR count). The Balaban J connectivity index is 1.28. The third-order valence-electron chi connectivity index (χ3n) is 7.87. The van der Waals surface area contributed by atoms with E-state index in [-0.39, 0.29) is 23.7 Å². The number of rotatable bonds is 9. The molecule has 1 aliphatic heterocycles. The lowest BCUT2D eigenvalue weighted by Gasteiger charge is -2.36. The van der Waals surface area contributed by atoms with Gasteiger partial charge in [-0.2, -0.15) is 0 Å². The molecule has 2 unspecified atom stereocenters. The molecule has 1 saturated heterocycles. The molecule has 0 N–H and O–H groups in total. The van der Waals surface area contributed by atoms with Gasteiger partial charge < -0.3 is 4.74 Å². The minimum absolute atomic E-state index is 0.0127. The Bertz CT molecular complexity index is 1400. The lowest BCUT2D eigenvalue weighted by Crippen LogP contribution is -2.40. The first-order chi connectivity index (χ1) is 19.1. The van der Waals surface area contributed by atoms with Crippen molar-refractivity contribution in [3.05, 3.63) is 124 Å². The van der Waals surface area contributed by atoms with Crippen molar-refractivity contribution >= 4 is 5.97 Å². The third-order valence-corrected chi connectivity index (χ3v) is 7.87. The van der Waals surface area contributed by atoms with E-state index in [4.69, 9.17) is 4.74 Å². The van der Waals surface area contributed by atoms with Crippen LogP contribution in [0.3, 0.4) is 0 Å². The summed E-state index contributed by atoms with van der Waals surface area (Å²) in [6.45, 7) is 5.99. The van der Waals surface area contributed by atoms with Crippen LogP contribution in [0.4, 0.5) is 0 Å². The summed E-state index contributed by atoms with van der Waals surface area (Å²) in [7, 11) is 0. The highest BCUT2D eigenvalue weighted by atomic mass is 16.5. The first-order valence-corrected chi connectivity index (χ1v) is 14.0. The Hall–Kier alpha value is -3.90. The van der Waals surface area contributed by atoms with Crippen LogP contribution < -0.4 is 5.69 Å². The molecule has 2 atom stereocenters. The van der Waals surface area contributed by atoms with Crippen molar-refractivity contribution in [3.8, 4) is 5.69 Å². The lowest BCUT2D eigenvalue weighted by atomic mass is 9.88. The van der Waals surface area contributed by atoms with Crippen LogP contribution in [-0.4, -0.2) is 39.7 Å². The minimum atomic E-state index is -0.367. The van der Waals surface area contributed by atoms with Crippen LogP contribution >= 0.6 is 0 Å². The Morgan fingerprint density at radius 1 is 0.846 bits per heavy atom. The summed E-state index contributed by atoms with van der Waals surface area (Å²) < 4.78 is 8.98. The molecule has 39 heavy (non-hydrogen) atoms. The predicted molar refractivity (Wildman–Crippen MR) is 154 cm³/mol. The summed E-state index contributed by atoms with van der Waals surface area (Å²) in [6, 6.07) is 28.1. The zero-order valence-electron chi connectivity index (χ0n) is 22.8. The van der Waals surface area contributed by atoms with Crippen LogP contribution in [0, 0.1) is 0 Å². The second kappa shape index (κ2) is 12.3. The molecule has 4 aromatic rings. The maximum Gasteiger partial charge on any atom is 0.333 e. The molecule has 0 aliphatic carbocycles. The second-order valence-electron chi connectivity index (χ2n) is 10.2. The van der Waals surface area contributed by atoms with E-state index in [0.29, 0.717) is 12.5 Å². The van der Waals surface area contributed by atoms with Gasteiger partial charge in [-0.05, 0) is 74.0 Å². The highest BCUT2D eigenvalue weighted by molar-refractivity contribution is 5.77. The number of imidazole rings is 1. The average molecular weight is 524 g/mol. The fraction of sp³-hybridized carbons (Fsp3) is 0.333. The largest absolute Gasteiger partial charge is 0.465 e. The van der Waals surface area contributed by atoms with E-state index in [2.05, 4.69) is 36.1 Å². The molecule has 0 bridgehead atoms. The van der Waals surface area contributed by atoms with Gasteiger partial charge in [0.15, 0.2) is 0 Å². The highest BCUT2D eigenvalue weighted by Gasteiger charge is 2.32. The normalized spacial score (nSPS) is 16.1. The number of piperidine rings is 1. The molecular weight excluding hydrogens is 486 g/mol. The zero-order valence-corrected chi connectivity index (χ0v) is 22.8. The number of nitrogens with zero attached hydrogens (tertiary/aromatic N) is 3. The number of ether oxygens (including phenoxy) is 1. The lowest BCUT2D eigenvalue weighted by molar-refractivity contribution is -0.150. The zero-order chi connectivity index (χ0) is 27.2. The van der Waals surface area contributed by atoms with Crippen molar-refractivity contribution in [2.45, 2.75) is 51.1 Å². The SMILES string of the molecule is CCOC(=O)C(c1ccccc1)N1CCC(c2ccc(-n3ccn(C(CC)c4ccccc4)c3=O)cc2)CC1. The van der Waals surface area contributed by atoms with Gasteiger partial charge in [0.05, 0.1) is 18.3 Å². The molecule has 1 aliphatic rings. The molecule has 0 radical (unpaired) electrons. The van der Waals surface area contributed by atoms with Gasteiger partial charge in [0.2, 0.25) is 0 Å². The smallest absolute Gasteiger partial charge is 0.333 e. The Kier molecular flexibility index (Phi) is 8.42. The van der Waals surface area contributed by atoms with E-state index >= 15 is 0 Å². The summed E-state index contributed by atoms with van der Waals surface area (Å²) in [6.07, 6.45) is 6.52. The molecule has 0 amide bonds. The van der Waals surface area contributed by atoms with Crippen LogP contribution in [0.25, 0.3) is 5.69 Å². The van der Waals surface area contributed by atoms with Gasteiger partial charge in [0.25, 0.3) is 0 Å². The van der Waals surface area contributed by atoms with Gasteiger partial charge >= 0.3 is 11.7 Å². The monoisotopic (exact) mass is 523 g/mol. The van der Waals surface area contributed by atoms with Crippen LogP contribution in [0.5, 0.6) is 0 Å². The van der Waals surface area contributed by atoms with Gasteiger partial charge in [0.1, 0.15) is 6.04 Å². The molecular formula is C33H37N3O3. The Morgan fingerprint density at radius 2 is 1.46 bits per heavy atom. The molecule has 2 heterocycles. The Labute approximate surface area is 230 Å². The van der Waals surface area contributed by atoms with Crippen molar-refractivity contribution in [3.63, 3.8) is 0 Å². The first-order valence-electron chi connectivity index (χ1n) is 14.0. The summed E-state index contributed by atoms with van der Waals surface area (Å²) in [5.74, 6) is 0.235. The molecule has 3 aromatic carbocycles. The highest BCUT2D eigenvalue weighted by Crippen LogP contribution is 2.33. The van der Waals surface area contributed by atoms with Crippen molar-refractivity contribution in [1.82, 2.24) is 14.0 Å². The van der Waals surface area contributed by atoms with Crippen LogP contribution in [0.15, 0.2) is 102 Å². The second-order valence-corrected chi connectivity index (χ2v) is 10.2. The molecule has 6 heteroatoms. The van der Waals surface area contributed by atoms with E-state index in [0.717, 1.165) is 49.2 Å². The number of hydrogen-bond acceptors (Lipinski definition) is 4. The van der Waals surface area contributed by atoms with E-state index in [1.54, 1.807) is 4.57 Å². The van der Waals surface area contributed by atoms with Crippen LogP contribution in [0.2, 0.25) is 0 Å². The van der Waals surface area contributed by atoms with E-state index in [9.17, 15) is 9.59 Å². The first kappa shape index (κ1) is 26.7. The molecule has 6 nitrogen and oxygen atoms in total. The summed E-state index contributed by atoms with van der Waals surface area (Å²) in [5, 5.41) is 0. The van der Waals surface area contributed by atoms with Gasteiger partial charge in [-0.15, -0.1) is 0 Å². The number of benzene rings is 3. The van der Waals surface area contributed by atoms with Crippen LogP contribution in [0.1, 0.15) is 67.8 Å². The number of esters is 1. The van der Waals surface area contributed by atoms with Crippen LogP contribution in [-0.2, 0) is 9.53 Å². The molecule has 1 fully saturated rings. The fourth-order valence-corrected chi connectivity index (χ4v) is 5.84. The quantitative estimate of drug-likeness (QED) is 0.248. The van der Waals surface area contributed by atoms with Crippen molar-refractivity contribution in [1.29, 1.82) is 0 Å². The van der Waals surface area contributed by atoms with Crippen molar-refractivity contribution in [2.24, 2.45) is 0 Å². The molecule has 0 saturated carbocycles. The van der Waals surface area contributed by atoms with Gasteiger partial charge in [-0.25, -0.2) is 9.59 Å². The Morgan fingerprint density at radius 3 is 2.05 bits per heavy atom. The maximum absolute atomic E-state index is 13.3. The number of likely N-dealkylation sites (tertiary alicyclic amines) is 1. The summed E-state index contributed by atoms with van der Waals surface area (Å²) in [4.78, 5) is 28.4. The van der Waals surface area contributed by atoms with Gasteiger partial charge in [-0.1, -0.05) is 79.7 Å². The number of carbonyl (C=O) groups excluding carboxylic acids is 1. The number of hydrogen-bond donors (Lipinski definition) is 0. The predicted octanol–water partition coefficient (Wildman–Crippen LogP) is 6.12. The standard InChI is InChI=1S/C33H37N3O3/c1-3-30(27-11-7-5-8-12-27)36-24-23-35(33(36)38)29-17-15-25(16-18-29)26-19-21-34(22-20-26)31(32(37)39-4-2)28-13-9-6-10-14-28/h5-18,23-24,26,30-31H,3-4,19-22H2,1-2H3. The van der Waals surface area contributed by atoms with E-state index in [1.165, 1.54) is 5.56 Å². The fourth-order valence-electron chi connectivity index (χ4n) is 5.84. The van der Waals surface area contributed by atoms with Gasteiger partial charge in [0, 0.05) is 12.4 Å². The minimum Gasteiger partial charge on any atom is -0.465 e. The average Bonchev–Trinajstić information content (AvgIpc) is 3.36.